The molecule has 0 saturated heterocycles. The number of ether oxygens (including phenoxy) is 1. The summed E-state index contributed by atoms with van der Waals surface area (Å²) in [5, 5.41) is 15.5. The highest BCUT2D eigenvalue weighted by molar-refractivity contribution is 5.91. The second-order valence-electron chi connectivity index (χ2n) is 6.34. The van der Waals surface area contributed by atoms with Crippen LogP contribution < -0.4 is 10.1 Å². The minimum atomic E-state index is -4.79. The predicted octanol–water partition coefficient (Wildman–Crippen LogP) is 3.59. The molecule has 0 unspecified atom stereocenters. The molecule has 3 aromatic rings. The molecule has 1 aromatic carbocycles. The zero-order chi connectivity index (χ0) is 22.6. The van der Waals surface area contributed by atoms with Crippen molar-refractivity contribution in [2.24, 2.45) is 0 Å². The van der Waals surface area contributed by atoms with Gasteiger partial charge in [-0.15, -0.1) is 13.2 Å². The van der Waals surface area contributed by atoms with Gasteiger partial charge in [0.15, 0.2) is 5.82 Å². The van der Waals surface area contributed by atoms with Crippen molar-refractivity contribution in [1.82, 2.24) is 14.8 Å². The molecule has 0 aliphatic heterocycles. The average Bonchev–Trinajstić information content (AvgIpc) is 3.02. The normalized spacial score (nSPS) is 11.5. The maximum Gasteiger partial charge on any atom is 0.573 e. The first-order valence-electron chi connectivity index (χ1n) is 9.17. The van der Waals surface area contributed by atoms with Crippen molar-refractivity contribution in [1.29, 1.82) is 5.26 Å². The fourth-order valence-electron chi connectivity index (χ4n) is 2.64. The van der Waals surface area contributed by atoms with Crippen molar-refractivity contribution in [3.05, 3.63) is 71.2 Å². The summed E-state index contributed by atoms with van der Waals surface area (Å²) in [6, 6.07) is 9.19. The zero-order valence-corrected chi connectivity index (χ0v) is 15.7. The zero-order valence-electron chi connectivity index (χ0n) is 16.7. The van der Waals surface area contributed by atoms with Crippen LogP contribution in [0.25, 0.3) is 0 Å². The van der Waals surface area contributed by atoms with Crippen molar-refractivity contribution in [3.8, 4) is 11.8 Å². The molecule has 2 heterocycles. The fourth-order valence-corrected chi connectivity index (χ4v) is 2.64. The van der Waals surface area contributed by atoms with Gasteiger partial charge in [0.25, 0.3) is 0 Å². The van der Waals surface area contributed by atoms with E-state index in [0.717, 1.165) is 6.07 Å². The lowest BCUT2D eigenvalue weighted by molar-refractivity contribution is -0.274. The van der Waals surface area contributed by atoms with Gasteiger partial charge in [-0.1, -0.05) is 12.1 Å². The molecule has 30 heavy (non-hydrogen) atoms. The summed E-state index contributed by atoms with van der Waals surface area (Å²) in [5.41, 5.74) is 1.77. The third kappa shape index (κ3) is 5.81. The van der Waals surface area contributed by atoms with E-state index in [4.69, 9.17) is 6.63 Å². The quantitative estimate of drug-likeness (QED) is 0.662. The molecule has 0 saturated carbocycles. The maximum atomic E-state index is 12.4. The summed E-state index contributed by atoms with van der Waals surface area (Å²) < 4.78 is 50.4. The Morgan fingerprint density at radius 1 is 1.37 bits per heavy atom. The third-order valence-corrected chi connectivity index (χ3v) is 3.94. The van der Waals surface area contributed by atoms with Crippen LogP contribution in [0.1, 0.15) is 23.8 Å². The third-order valence-electron chi connectivity index (χ3n) is 3.94. The number of hydrogen-bond donors (Lipinski definition) is 1. The van der Waals surface area contributed by atoms with Crippen LogP contribution in [0.15, 0.2) is 48.8 Å². The number of benzene rings is 1. The molecule has 3 rings (SSSR count). The number of aryl methyl sites for hydroxylation is 1. The number of anilines is 1. The molecule has 1 N–H and O–H groups in total. The van der Waals surface area contributed by atoms with Crippen LogP contribution in [0.4, 0.5) is 19.0 Å². The maximum absolute atomic E-state index is 12.4. The van der Waals surface area contributed by atoms with Crippen LogP contribution in [-0.2, 0) is 17.8 Å². The molecule has 0 aliphatic rings. The smallest absolute Gasteiger partial charge is 0.406 e. The first-order valence-corrected chi connectivity index (χ1v) is 8.67. The van der Waals surface area contributed by atoms with Crippen LogP contribution in [0.5, 0.6) is 5.75 Å². The van der Waals surface area contributed by atoms with Gasteiger partial charge in [-0.3, -0.25) is 14.5 Å². The van der Waals surface area contributed by atoms with Crippen LogP contribution in [0, 0.1) is 18.3 Å². The molecular weight excluding hydrogens is 399 g/mol. The Bertz CT molecular complexity index is 1140. The summed E-state index contributed by atoms with van der Waals surface area (Å²) in [4.78, 5) is 16.4. The summed E-state index contributed by atoms with van der Waals surface area (Å²) >= 11 is 0. The number of carbonyl (C=O) groups excluding carboxylic acids is 1. The van der Waals surface area contributed by atoms with Gasteiger partial charge < -0.3 is 10.1 Å². The van der Waals surface area contributed by atoms with Crippen molar-refractivity contribution in [3.63, 3.8) is 0 Å². The average molecular weight is 417 g/mol. The highest BCUT2D eigenvalue weighted by atomic mass is 19.4. The molecular formula is C20H16F3N5O2. The van der Waals surface area contributed by atoms with Gasteiger partial charge in [0.1, 0.15) is 11.8 Å². The Balaban J connectivity index is 1.63. The van der Waals surface area contributed by atoms with E-state index in [-0.39, 0.29) is 36.1 Å². The minimum absolute atomic E-state index is 0.00731. The minimum Gasteiger partial charge on any atom is -0.406 e. The molecule has 0 radical (unpaired) electrons. The van der Waals surface area contributed by atoms with Gasteiger partial charge in [0, 0.05) is 18.4 Å². The van der Waals surface area contributed by atoms with Crippen molar-refractivity contribution < 1.29 is 24.1 Å². The first kappa shape index (κ1) is 19.4. The topological polar surface area (TPSA) is 92.8 Å². The number of aromatic nitrogens is 3. The van der Waals surface area contributed by atoms with E-state index in [1.54, 1.807) is 12.1 Å². The lowest BCUT2D eigenvalue weighted by atomic mass is 10.1. The van der Waals surface area contributed by atoms with Crippen LogP contribution in [0.2, 0.25) is 0 Å². The Labute approximate surface area is 171 Å². The SMILES string of the molecule is [3H]c1cn(Cc2ccc(C#N)cn2)nc1NC(=O)Cc1ccc(OC(F)(F)F)c(C)c1. The van der Waals surface area contributed by atoms with E-state index >= 15 is 0 Å². The summed E-state index contributed by atoms with van der Waals surface area (Å²) in [6.45, 7) is 1.69. The number of nitrogens with zero attached hydrogens (tertiary/aromatic N) is 4. The molecule has 154 valence electrons. The predicted molar refractivity (Wildman–Crippen MR) is 100 cm³/mol. The number of hydrogen-bond acceptors (Lipinski definition) is 5. The van der Waals surface area contributed by atoms with E-state index in [9.17, 15) is 18.0 Å². The Morgan fingerprint density at radius 2 is 2.17 bits per heavy atom. The molecule has 1 amide bonds. The number of rotatable bonds is 6. The molecule has 0 aliphatic carbocycles. The number of pyridine rings is 1. The van der Waals surface area contributed by atoms with Crippen LogP contribution in [-0.4, -0.2) is 27.0 Å². The van der Waals surface area contributed by atoms with Crippen molar-refractivity contribution in [2.45, 2.75) is 26.3 Å². The number of nitriles is 1. The van der Waals surface area contributed by atoms with Gasteiger partial charge in [-0.25, -0.2) is 0 Å². The molecule has 0 spiro atoms. The van der Waals surface area contributed by atoms with E-state index in [0.29, 0.717) is 16.8 Å². The summed E-state index contributed by atoms with van der Waals surface area (Å²) in [7, 11) is 0. The monoisotopic (exact) mass is 417 g/mol. The van der Waals surface area contributed by atoms with E-state index in [1.165, 1.54) is 36.1 Å². The number of amides is 1. The van der Waals surface area contributed by atoms with Crippen LogP contribution in [0.3, 0.4) is 0 Å². The lowest BCUT2D eigenvalue weighted by Gasteiger charge is -2.12. The lowest BCUT2D eigenvalue weighted by Crippen LogP contribution is -2.18. The second kappa shape index (κ2) is 8.65. The van der Waals surface area contributed by atoms with Crippen molar-refractivity contribution in [2.75, 3.05) is 5.32 Å². The van der Waals surface area contributed by atoms with E-state index < -0.39 is 12.3 Å². The van der Waals surface area contributed by atoms with Gasteiger partial charge in [-0.05, 0) is 36.2 Å². The molecule has 0 fully saturated rings. The molecule has 0 atom stereocenters. The van der Waals surface area contributed by atoms with Crippen molar-refractivity contribution >= 4 is 11.7 Å². The molecule has 0 bridgehead atoms. The Hall–Kier alpha value is -3.87. The van der Waals surface area contributed by atoms with Gasteiger partial charge >= 0.3 is 6.36 Å². The molecule has 10 heteroatoms. The Morgan fingerprint density at radius 3 is 2.80 bits per heavy atom. The first-order chi connectivity index (χ1) is 14.6. The summed E-state index contributed by atoms with van der Waals surface area (Å²) in [6.07, 6.45) is -2.06. The Kier molecular flexibility index (Phi) is 5.61. The second-order valence-corrected chi connectivity index (χ2v) is 6.34. The highest BCUT2D eigenvalue weighted by Gasteiger charge is 2.31. The largest absolute Gasteiger partial charge is 0.573 e. The number of halogens is 3. The molecule has 7 nitrogen and oxygen atoms in total. The van der Waals surface area contributed by atoms with Gasteiger partial charge in [-0.2, -0.15) is 10.4 Å². The number of carbonyl (C=O) groups is 1. The van der Waals surface area contributed by atoms with E-state index in [2.05, 4.69) is 20.1 Å². The summed E-state index contributed by atoms with van der Waals surface area (Å²) in [5.74, 6) is -0.758. The highest BCUT2D eigenvalue weighted by Crippen LogP contribution is 2.26. The number of nitrogens with one attached hydrogen (secondary N) is 1. The number of alkyl halides is 3. The van der Waals surface area contributed by atoms with Crippen LogP contribution >= 0.6 is 0 Å². The molecule has 2 aromatic heterocycles. The van der Waals surface area contributed by atoms with Gasteiger partial charge in [0.05, 0.1) is 25.6 Å². The standard InChI is InChI=1S/C20H16F3N5O2/c1-13-8-14(3-5-17(13)30-20(21,22)23)9-19(29)26-18-6-7-28(27-18)12-16-4-2-15(10-24)11-25-16/h2-8,11H,9,12H2,1H3,(H,26,27,29)/i6T. The fraction of sp³-hybridized carbons (Fsp3) is 0.200. The van der Waals surface area contributed by atoms with E-state index in [1.807, 2.05) is 6.07 Å². The van der Waals surface area contributed by atoms with Gasteiger partial charge in [0.2, 0.25) is 5.91 Å².